The van der Waals surface area contributed by atoms with Gasteiger partial charge in [-0.05, 0) is 69.1 Å². The minimum Gasteiger partial charge on any atom is -0.352 e. The molecule has 1 saturated heterocycles. The van der Waals surface area contributed by atoms with Gasteiger partial charge >= 0.3 is 10.2 Å². The summed E-state index contributed by atoms with van der Waals surface area (Å²) in [7, 11) is 0.927. The maximum atomic E-state index is 12.3. The molecule has 1 fully saturated rings. The lowest BCUT2D eigenvalue weighted by atomic mass is 9.99. The van der Waals surface area contributed by atoms with Crippen molar-refractivity contribution in [3.8, 4) is 0 Å². The lowest BCUT2D eigenvalue weighted by molar-refractivity contribution is 0.0950. The molecule has 7 nitrogen and oxygen atoms in total. The van der Waals surface area contributed by atoms with Crippen molar-refractivity contribution >= 4 is 21.8 Å². The summed E-state index contributed by atoms with van der Waals surface area (Å²) in [6, 6.07) is 6.59. The van der Waals surface area contributed by atoms with Crippen molar-refractivity contribution in [2.45, 2.75) is 26.2 Å². The number of nitrogens with one attached hydrogen (secondary N) is 1. The molecule has 0 aromatic heterocycles. The quantitative estimate of drug-likeness (QED) is 0.680. The maximum absolute atomic E-state index is 12.3. The summed E-state index contributed by atoms with van der Waals surface area (Å²) in [6.07, 6.45) is 3.45. The SMILES string of the molecule is CC1CCN(CCCNC(=O)c2ccc(N(C)S(=O)(=O)N(C)C)cc2)CC1. The van der Waals surface area contributed by atoms with Gasteiger partial charge in [0.25, 0.3) is 5.91 Å². The highest BCUT2D eigenvalue weighted by Crippen LogP contribution is 2.18. The molecule has 152 valence electrons. The number of anilines is 1. The largest absolute Gasteiger partial charge is 0.352 e. The normalized spacial score (nSPS) is 16.5. The first-order chi connectivity index (χ1) is 12.7. The Hall–Kier alpha value is -1.64. The van der Waals surface area contributed by atoms with Crippen molar-refractivity contribution in [2.75, 3.05) is 51.6 Å². The smallest absolute Gasteiger partial charge is 0.303 e. The van der Waals surface area contributed by atoms with Crippen LogP contribution in [0.5, 0.6) is 0 Å². The molecule has 1 amide bonds. The van der Waals surface area contributed by atoms with Gasteiger partial charge in [-0.25, -0.2) is 0 Å². The topological polar surface area (TPSA) is 73.0 Å². The van der Waals surface area contributed by atoms with Crippen molar-refractivity contribution in [3.05, 3.63) is 29.8 Å². The minimum atomic E-state index is -3.53. The third kappa shape index (κ3) is 5.92. The van der Waals surface area contributed by atoms with Crippen LogP contribution in [0.2, 0.25) is 0 Å². The van der Waals surface area contributed by atoms with Crippen LogP contribution in [-0.4, -0.2) is 70.9 Å². The molecule has 0 saturated carbocycles. The lowest BCUT2D eigenvalue weighted by Crippen LogP contribution is -2.37. The van der Waals surface area contributed by atoms with E-state index in [2.05, 4.69) is 17.1 Å². The number of nitrogens with zero attached hydrogens (tertiary/aromatic N) is 3. The van der Waals surface area contributed by atoms with Gasteiger partial charge in [-0.1, -0.05) is 6.92 Å². The Balaban J connectivity index is 1.80. The summed E-state index contributed by atoms with van der Waals surface area (Å²) in [5.74, 6) is 0.697. The van der Waals surface area contributed by atoms with Crippen molar-refractivity contribution in [1.82, 2.24) is 14.5 Å². The first-order valence-electron chi connectivity index (χ1n) is 9.49. The molecule has 27 heavy (non-hydrogen) atoms. The molecule has 0 atom stereocenters. The Morgan fingerprint density at radius 3 is 2.30 bits per heavy atom. The predicted molar refractivity (Wildman–Crippen MR) is 109 cm³/mol. The van der Waals surface area contributed by atoms with Crippen LogP contribution in [0.15, 0.2) is 24.3 Å². The lowest BCUT2D eigenvalue weighted by Gasteiger charge is -2.30. The van der Waals surface area contributed by atoms with Crippen molar-refractivity contribution in [2.24, 2.45) is 5.92 Å². The highest BCUT2D eigenvalue weighted by molar-refractivity contribution is 7.90. The Bertz CT molecular complexity index is 711. The molecule has 0 unspecified atom stereocenters. The van der Waals surface area contributed by atoms with Crippen LogP contribution < -0.4 is 9.62 Å². The number of amides is 1. The molecule has 1 aliphatic heterocycles. The summed E-state index contributed by atoms with van der Waals surface area (Å²) in [5.41, 5.74) is 1.04. The van der Waals surface area contributed by atoms with Gasteiger partial charge in [0, 0.05) is 33.3 Å². The van der Waals surface area contributed by atoms with E-state index in [-0.39, 0.29) is 5.91 Å². The molecular formula is C19H32N4O3S. The number of hydrogen-bond acceptors (Lipinski definition) is 4. The van der Waals surface area contributed by atoms with Gasteiger partial charge in [-0.3, -0.25) is 9.10 Å². The Morgan fingerprint density at radius 2 is 1.74 bits per heavy atom. The molecule has 1 heterocycles. The highest BCUT2D eigenvalue weighted by atomic mass is 32.2. The molecule has 2 rings (SSSR count). The minimum absolute atomic E-state index is 0.132. The van der Waals surface area contributed by atoms with E-state index in [0.29, 0.717) is 17.8 Å². The molecule has 8 heteroatoms. The fourth-order valence-corrected chi connectivity index (χ4v) is 3.97. The van der Waals surface area contributed by atoms with E-state index in [9.17, 15) is 13.2 Å². The zero-order chi connectivity index (χ0) is 20.0. The van der Waals surface area contributed by atoms with E-state index >= 15 is 0 Å². The summed E-state index contributed by atoms with van der Waals surface area (Å²) in [4.78, 5) is 14.7. The molecule has 1 aromatic rings. The van der Waals surface area contributed by atoms with Gasteiger partial charge in [0.2, 0.25) is 0 Å². The van der Waals surface area contributed by atoms with Crippen LogP contribution >= 0.6 is 0 Å². The third-order valence-corrected chi connectivity index (χ3v) is 6.94. The van der Waals surface area contributed by atoms with Crippen LogP contribution in [0.4, 0.5) is 5.69 Å². The third-order valence-electron chi connectivity index (χ3n) is 5.11. The fraction of sp³-hybridized carbons (Fsp3) is 0.632. The van der Waals surface area contributed by atoms with Gasteiger partial charge in [0.05, 0.1) is 5.69 Å². The van der Waals surface area contributed by atoms with Crippen molar-refractivity contribution < 1.29 is 13.2 Å². The molecule has 1 aromatic carbocycles. The fourth-order valence-electron chi connectivity index (χ4n) is 3.09. The van der Waals surface area contributed by atoms with Crippen molar-refractivity contribution in [1.29, 1.82) is 0 Å². The second-order valence-corrected chi connectivity index (χ2v) is 9.61. The number of benzene rings is 1. The van der Waals surface area contributed by atoms with Gasteiger partial charge < -0.3 is 10.2 Å². The number of likely N-dealkylation sites (tertiary alicyclic amines) is 1. The van der Waals surface area contributed by atoms with E-state index in [1.54, 1.807) is 24.3 Å². The summed E-state index contributed by atoms with van der Waals surface area (Å²) in [5, 5.41) is 2.94. The Morgan fingerprint density at radius 1 is 1.15 bits per heavy atom. The maximum Gasteiger partial charge on any atom is 0.303 e. The van der Waals surface area contributed by atoms with E-state index in [1.807, 2.05) is 0 Å². The molecule has 0 radical (unpaired) electrons. The van der Waals surface area contributed by atoms with Crippen LogP contribution in [0, 0.1) is 5.92 Å². The second-order valence-electron chi connectivity index (χ2n) is 7.44. The predicted octanol–water partition coefficient (Wildman–Crippen LogP) is 1.78. The monoisotopic (exact) mass is 396 g/mol. The van der Waals surface area contributed by atoms with Gasteiger partial charge in [0.1, 0.15) is 0 Å². The number of rotatable bonds is 8. The summed E-state index contributed by atoms with van der Waals surface area (Å²) < 4.78 is 26.6. The molecule has 0 spiro atoms. The van der Waals surface area contributed by atoms with E-state index in [0.717, 1.165) is 36.3 Å². The molecular weight excluding hydrogens is 364 g/mol. The number of hydrogen-bond donors (Lipinski definition) is 1. The van der Waals surface area contributed by atoms with Crippen molar-refractivity contribution in [3.63, 3.8) is 0 Å². The Labute approximate surface area is 163 Å². The number of carbonyl (C=O) groups excluding carboxylic acids is 1. The average Bonchev–Trinajstić information content (AvgIpc) is 2.65. The van der Waals surface area contributed by atoms with Gasteiger partial charge in [-0.15, -0.1) is 0 Å². The van der Waals surface area contributed by atoms with E-state index in [4.69, 9.17) is 0 Å². The zero-order valence-corrected chi connectivity index (χ0v) is 17.6. The van der Waals surface area contributed by atoms with Crippen LogP contribution in [0.3, 0.4) is 0 Å². The second kappa shape index (κ2) is 9.52. The number of piperidine rings is 1. The highest BCUT2D eigenvalue weighted by Gasteiger charge is 2.21. The van der Waals surface area contributed by atoms with E-state index in [1.165, 1.54) is 38.3 Å². The van der Waals surface area contributed by atoms with Crippen LogP contribution in [-0.2, 0) is 10.2 Å². The zero-order valence-electron chi connectivity index (χ0n) is 16.8. The van der Waals surface area contributed by atoms with Gasteiger partial charge in [0.15, 0.2) is 0 Å². The van der Waals surface area contributed by atoms with E-state index < -0.39 is 10.2 Å². The first-order valence-corrected chi connectivity index (χ1v) is 10.9. The molecule has 1 aliphatic rings. The standard InChI is InChI=1S/C19H32N4O3S/c1-16-10-14-23(15-11-16)13-5-12-20-19(24)17-6-8-18(9-7-17)22(4)27(25,26)21(2)3/h6-9,16H,5,10-15H2,1-4H3,(H,20,24). The number of carbonyl (C=O) groups is 1. The molecule has 0 aliphatic carbocycles. The van der Waals surface area contributed by atoms with Gasteiger partial charge in [-0.2, -0.15) is 12.7 Å². The molecule has 0 bridgehead atoms. The molecule has 1 N–H and O–H groups in total. The summed E-state index contributed by atoms with van der Waals surface area (Å²) >= 11 is 0. The Kier molecular flexibility index (Phi) is 7.64. The summed E-state index contributed by atoms with van der Waals surface area (Å²) in [6.45, 7) is 6.26. The first kappa shape index (κ1) is 21.7. The van der Waals surface area contributed by atoms with Crippen LogP contribution in [0.25, 0.3) is 0 Å². The average molecular weight is 397 g/mol. The van der Waals surface area contributed by atoms with Crippen LogP contribution in [0.1, 0.15) is 36.5 Å².